The first-order valence-electron chi connectivity index (χ1n) is 17.8. The van der Waals surface area contributed by atoms with Gasteiger partial charge in [-0.3, -0.25) is 14.7 Å². The summed E-state index contributed by atoms with van der Waals surface area (Å²) < 4.78 is 40.3. The number of anilines is 1. The second kappa shape index (κ2) is 15.1. The Hall–Kier alpha value is -4.00. The van der Waals surface area contributed by atoms with E-state index in [-0.39, 0.29) is 36.9 Å². The Kier molecular flexibility index (Phi) is 10.8. The standard InChI is InChI=1S/C37H49N5O7S/c1-23(2)35-40-32(22-48-35)28-16-17-38-34(18-28)42(19-25-6-8-26(9-7-25)31-14-15-33(47-4)24(3)39-31)36(43)27-10-12-29(13-11-27)49-37(44)41-20-30(21-41)50(5,45)46/h14-18,22-23,25-27,29-30H,6-13,19-21H2,1-5H3. The largest absolute Gasteiger partial charge is 0.495 e. The van der Waals surface area contributed by atoms with Gasteiger partial charge in [-0.2, -0.15) is 0 Å². The highest BCUT2D eigenvalue weighted by atomic mass is 32.2. The molecule has 1 aliphatic heterocycles. The van der Waals surface area contributed by atoms with E-state index in [4.69, 9.17) is 23.9 Å². The molecular weight excluding hydrogens is 659 g/mol. The molecule has 2 amide bonds. The molecule has 1 saturated heterocycles. The van der Waals surface area contributed by atoms with E-state index in [1.54, 1.807) is 19.6 Å². The minimum atomic E-state index is -3.18. The first-order chi connectivity index (χ1) is 23.9. The Labute approximate surface area is 294 Å². The molecule has 0 spiro atoms. The molecule has 0 unspecified atom stereocenters. The first-order valence-corrected chi connectivity index (χ1v) is 19.7. The number of ether oxygens (including phenoxy) is 2. The van der Waals surface area contributed by atoms with Crippen LogP contribution in [0, 0.1) is 18.8 Å². The van der Waals surface area contributed by atoms with Crippen molar-refractivity contribution in [3.63, 3.8) is 0 Å². The highest BCUT2D eigenvalue weighted by Crippen LogP contribution is 2.38. The minimum Gasteiger partial charge on any atom is -0.495 e. The number of sulfone groups is 1. The molecule has 0 atom stereocenters. The number of aryl methyl sites for hydroxylation is 1. The van der Waals surface area contributed by atoms with Crippen molar-refractivity contribution in [1.29, 1.82) is 0 Å². The number of oxazole rings is 1. The third-order valence-corrected chi connectivity index (χ3v) is 12.1. The van der Waals surface area contributed by atoms with Gasteiger partial charge >= 0.3 is 6.09 Å². The summed E-state index contributed by atoms with van der Waals surface area (Å²) in [4.78, 5) is 44.5. The fourth-order valence-corrected chi connectivity index (χ4v) is 8.24. The summed E-state index contributed by atoms with van der Waals surface area (Å²) in [7, 11) is -1.52. The quantitative estimate of drug-likeness (QED) is 0.235. The molecule has 2 aliphatic carbocycles. The molecular formula is C37H49N5O7S. The molecule has 4 heterocycles. The van der Waals surface area contributed by atoms with Gasteiger partial charge in [0.2, 0.25) is 5.91 Å². The molecule has 50 heavy (non-hydrogen) atoms. The molecule has 0 bridgehead atoms. The lowest BCUT2D eigenvalue weighted by atomic mass is 9.79. The normalized spacial score (nSPS) is 23.0. The van der Waals surface area contributed by atoms with Crippen molar-refractivity contribution >= 4 is 27.7 Å². The zero-order valence-electron chi connectivity index (χ0n) is 29.7. The number of methoxy groups -OCH3 is 1. The average Bonchev–Trinajstić information content (AvgIpc) is 3.57. The summed E-state index contributed by atoms with van der Waals surface area (Å²) in [5.74, 6) is 2.70. The maximum Gasteiger partial charge on any atom is 0.410 e. The lowest BCUT2D eigenvalue weighted by Crippen LogP contribution is -2.57. The van der Waals surface area contributed by atoms with Crippen LogP contribution in [0.3, 0.4) is 0 Å². The van der Waals surface area contributed by atoms with Crippen LogP contribution in [0.2, 0.25) is 0 Å². The molecule has 13 heteroatoms. The summed E-state index contributed by atoms with van der Waals surface area (Å²) in [5.41, 5.74) is 3.54. The number of hydrogen-bond acceptors (Lipinski definition) is 10. The lowest BCUT2D eigenvalue weighted by molar-refractivity contribution is -0.124. The summed E-state index contributed by atoms with van der Waals surface area (Å²) in [6, 6.07) is 7.88. The van der Waals surface area contributed by atoms with Gasteiger partial charge in [0.15, 0.2) is 15.7 Å². The molecule has 3 aliphatic rings. The molecule has 270 valence electrons. The number of amides is 2. The Morgan fingerprint density at radius 1 is 1.02 bits per heavy atom. The molecule has 0 N–H and O–H groups in total. The van der Waals surface area contributed by atoms with E-state index in [1.165, 1.54) is 11.2 Å². The number of pyridine rings is 2. The highest BCUT2D eigenvalue weighted by molar-refractivity contribution is 7.91. The fourth-order valence-electron chi connectivity index (χ4n) is 7.34. The molecule has 6 rings (SSSR count). The van der Waals surface area contributed by atoms with Crippen molar-refractivity contribution in [2.75, 3.05) is 37.9 Å². The number of carbonyl (C=O) groups is 2. The topological polar surface area (TPSA) is 145 Å². The van der Waals surface area contributed by atoms with Gasteiger partial charge in [-0.1, -0.05) is 13.8 Å². The maximum absolute atomic E-state index is 14.4. The van der Waals surface area contributed by atoms with Crippen LogP contribution in [0.15, 0.2) is 41.1 Å². The smallest absolute Gasteiger partial charge is 0.410 e. The number of likely N-dealkylation sites (tertiary alicyclic amines) is 1. The van der Waals surface area contributed by atoms with Gasteiger partial charge < -0.3 is 18.8 Å². The van der Waals surface area contributed by atoms with Crippen molar-refractivity contribution < 1.29 is 31.9 Å². The molecule has 3 aromatic rings. The molecule has 3 fully saturated rings. The van der Waals surface area contributed by atoms with Gasteiger partial charge in [0.1, 0.15) is 29.6 Å². The van der Waals surface area contributed by atoms with Crippen molar-refractivity contribution in [2.45, 2.75) is 95.3 Å². The van der Waals surface area contributed by atoms with Gasteiger partial charge in [-0.05, 0) is 88.5 Å². The van der Waals surface area contributed by atoms with Gasteiger partial charge in [0, 0.05) is 61.1 Å². The molecule has 0 aromatic carbocycles. The Morgan fingerprint density at radius 2 is 1.74 bits per heavy atom. The molecule has 2 saturated carbocycles. The lowest BCUT2D eigenvalue weighted by Gasteiger charge is -2.39. The van der Waals surface area contributed by atoms with E-state index in [9.17, 15) is 18.0 Å². The van der Waals surface area contributed by atoms with Gasteiger partial charge in [0.25, 0.3) is 0 Å². The molecule has 3 aromatic heterocycles. The van der Waals surface area contributed by atoms with Crippen LogP contribution < -0.4 is 9.64 Å². The maximum atomic E-state index is 14.4. The monoisotopic (exact) mass is 707 g/mol. The first kappa shape index (κ1) is 35.8. The van der Waals surface area contributed by atoms with Gasteiger partial charge in [-0.25, -0.2) is 23.2 Å². The van der Waals surface area contributed by atoms with Gasteiger partial charge in [-0.15, -0.1) is 0 Å². The van der Waals surface area contributed by atoms with E-state index in [0.29, 0.717) is 61.5 Å². The van der Waals surface area contributed by atoms with E-state index in [2.05, 4.69) is 11.1 Å². The Morgan fingerprint density at radius 3 is 2.36 bits per heavy atom. The Bertz CT molecular complexity index is 1770. The second-order valence-electron chi connectivity index (χ2n) is 14.5. The van der Waals surface area contributed by atoms with Crippen LogP contribution in [-0.2, 0) is 19.4 Å². The van der Waals surface area contributed by atoms with Gasteiger partial charge in [0.05, 0.1) is 18.1 Å². The van der Waals surface area contributed by atoms with Crippen LogP contribution in [0.1, 0.15) is 94.3 Å². The third kappa shape index (κ3) is 8.14. The minimum absolute atomic E-state index is 0.0377. The average molecular weight is 708 g/mol. The summed E-state index contributed by atoms with van der Waals surface area (Å²) in [6.45, 7) is 6.93. The number of carbonyl (C=O) groups excluding carboxylic acids is 2. The number of aromatic nitrogens is 3. The van der Waals surface area contributed by atoms with Crippen LogP contribution in [0.5, 0.6) is 5.75 Å². The zero-order chi connectivity index (χ0) is 35.6. The number of hydrogen-bond donors (Lipinski definition) is 0. The van der Waals surface area contributed by atoms with Crippen molar-refractivity contribution in [3.05, 3.63) is 54.0 Å². The highest BCUT2D eigenvalue weighted by Gasteiger charge is 2.40. The fraction of sp³-hybridized carbons (Fsp3) is 0.595. The zero-order valence-corrected chi connectivity index (χ0v) is 30.5. The van der Waals surface area contributed by atoms with Crippen LogP contribution in [-0.4, -0.2) is 84.6 Å². The summed E-state index contributed by atoms with van der Waals surface area (Å²) >= 11 is 0. The van der Waals surface area contributed by atoms with Crippen LogP contribution in [0.25, 0.3) is 11.3 Å². The Balaban J connectivity index is 1.13. The van der Waals surface area contributed by atoms with E-state index in [0.717, 1.165) is 48.4 Å². The van der Waals surface area contributed by atoms with E-state index < -0.39 is 21.2 Å². The number of rotatable bonds is 10. The summed E-state index contributed by atoms with van der Waals surface area (Å²) in [6.07, 6.45) is 10.1. The van der Waals surface area contributed by atoms with E-state index in [1.807, 2.05) is 43.9 Å². The van der Waals surface area contributed by atoms with Crippen molar-refractivity contribution in [1.82, 2.24) is 19.9 Å². The van der Waals surface area contributed by atoms with Crippen LogP contribution >= 0.6 is 0 Å². The van der Waals surface area contributed by atoms with Crippen molar-refractivity contribution in [2.24, 2.45) is 11.8 Å². The molecule has 0 radical (unpaired) electrons. The second-order valence-corrected chi connectivity index (χ2v) is 16.9. The SMILES string of the molecule is COc1ccc(C2CCC(CN(C(=O)C3CCC(OC(=O)N4CC(S(C)(=O)=O)C4)CC3)c3cc(-c4coc(C(C)C)n4)ccn3)CC2)nc1C. The summed E-state index contributed by atoms with van der Waals surface area (Å²) in [5, 5.41) is -0.526. The van der Waals surface area contributed by atoms with Crippen LogP contribution in [0.4, 0.5) is 10.6 Å². The predicted octanol–water partition coefficient (Wildman–Crippen LogP) is 6.30. The molecule has 12 nitrogen and oxygen atoms in total. The predicted molar refractivity (Wildman–Crippen MR) is 189 cm³/mol. The van der Waals surface area contributed by atoms with E-state index >= 15 is 0 Å². The number of nitrogens with zero attached hydrogens (tertiary/aromatic N) is 5. The van der Waals surface area contributed by atoms with Crippen molar-refractivity contribution in [3.8, 4) is 17.0 Å². The third-order valence-electron chi connectivity index (χ3n) is 10.6.